The summed E-state index contributed by atoms with van der Waals surface area (Å²) in [6.45, 7) is 3.28. The van der Waals surface area contributed by atoms with Gasteiger partial charge in [0.1, 0.15) is 0 Å². The fraction of sp³-hybridized carbons (Fsp3) is 0.516. The molecule has 1 saturated heterocycles. The molecule has 1 aliphatic heterocycles. The third-order valence-corrected chi connectivity index (χ3v) is 9.43. The molecule has 2 atom stereocenters. The van der Waals surface area contributed by atoms with Gasteiger partial charge in [0.2, 0.25) is 0 Å². The number of nitrogens with zero attached hydrogens (tertiary/aromatic N) is 2. The highest BCUT2D eigenvalue weighted by Gasteiger charge is 2.57. The van der Waals surface area contributed by atoms with Crippen molar-refractivity contribution in [1.29, 1.82) is 5.26 Å². The van der Waals surface area contributed by atoms with Crippen LogP contribution in [0.5, 0.6) is 0 Å². The number of aryl methyl sites for hydroxylation is 1. The van der Waals surface area contributed by atoms with Gasteiger partial charge in [-0.15, -0.1) is 0 Å². The van der Waals surface area contributed by atoms with E-state index in [1.165, 1.54) is 12.0 Å². The Hall–Kier alpha value is -3.37. The van der Waals surface area contributed by atoms with E-state index in [-0.39, 0.29) is 17.5 Å². The van der Waals surface area contributed by atoms with E-state index in [1.54, 1.807) is 6.07 Å². The van der Waals surface area contributed by atoms with Gasteiger partial charge in [0.25, 0.3) is 5.91 Å². The standard InChI is InChI=1S/C31H36N4O3/c1-20-2-5-26(28(36)35-10-8-25(9-11-35)24-6-3-21(18-32)4-7-24)13-27(20)33-29(37)34-30-14-22-12-23(15-30)17-31(38,16-22)19-30/h2-7,13,22-23,25,38H,8-12,14-17,19H2,1H3,(H2,33,34,37). The molecule has 7 heteroatoms. The summed E-state index contributed by atoms with van der Waals surface area (Å²) in [4.78, 5) is 28.4. The van der Waals surface area contributed by atoms with Crippen molar-refractivity contribution in [1.82, 2.24) is 10.2 Å². The smallest absolute Gasteiger partial charge is 0.319 e. The maximum absolute atomic E-state index is 13.3. The highest BCUT2D eigenvalue weighted by molar-refractivity contribution is 5.97. The lowest BCUT2D eigenvalue weighted by Crippen LogP contribution is -2.65. The van der Waals surface area contributed by atoms with Crippen molar-refractivity contribution in [2.45, 2.75) is 75.3 Å². The molecule has 7 rings (SSSR count). The summed E-state index contributed by atoms with van der Waals surface area (Å²) >= 11 is 0. The fourth-order valence-corrected chi connectivity index (χ4v) is 8.07. The van der Waals surface area contributed by atoms with Crippen LogP contribution in [-0.2, 0) is 0 Å². The first-order valence-electron chi connectivity index (χ1n) is 13.9. The molecule has 1 heterocycles. The Morgan fingerprint density at radius 3 is 2.34 bits per heavy atom. The van der Waals surface area contributed by atoms with Gasteiger partial charge in [-0.2, -0.15) is 5.26 Å². The summed E-state index contributed by atoms with van der Waals surface area (Å²) in [5.41, 5.74) is 3.04. The van der Waals surface area contributed by atoms with E-state index in [9.17, 15) is 14.7 Å². The first kappa shape index (κ1) is 24.9. The second kappa shape index (κ2) is 9.43. The molecule has 7 nitrogen and oxygen atoms in total. The molecule has 0 radical (unpaired) electrons. The van der Waals surface area contributed by atoms with Crippen LogP contribution in [-0.4, -0.2) is 46.2 Å². The number of likely N-dealkylation sites (tertiary alicyclic amines) is 1. The molecule has 2 unspecified atom stereocenters. The minimum Gasteiger partial charge on any atom is -0.390 e. The quantitative estimate of drug-likeness (QED) is 0.530. The number of aliphatic hydroxyl groups is 1. The highest BCUT2D eigenvalue weighted by atomic mass is 16.3. The Balaban J connectivity index is 1.09. The Morgan fingerprint density at radius 2 is 1.71 bits per heavy atom. The zero-order valence-electron chi connectivity index (χ0n) is 22.0. The number of nitriles is 1. The molecule has 5 fully saturated rings. The summed E-state index contributed by atoms with van der Waals surface area (Å²) in [6, 6.07) is 15.2. The van der Waals surface area contributed by atoms with Crippen molar-refractivity contribution in [2.24, 2.45) is 11.8 Å². The fourth-order valence-electron chi connectivity index (χ4n) is 8.07. The number of carbonyl (C=O) groups excluding carboxylic acids is 2. The van der Waals surface area contributed by atoms with Gasteiger partial charge in [-0.05, 0) is 111 Å². The molecule has 4 bridgehead atoms. The van der Waals surface area contributed by atoms with E-state index < -0.39 is 5.60 Å². The van der Waals surface area contributed by atoms with Gasteiger partial charge in [0.15, 0.2) is 0 Å². The van der Waals surface area contributed by atoms with E-state index in [1.807, 2.05) is 48.2 Å². The van der Waals surface area contributed by atoms with Crippen molar-refractivity contribution in [3.8, 4) is 6.07 Å². The molecular formula is C31H36N4O3. The topological polar surface area (TPSA) is 105 Å². The van der Waals surface area contributed by atoms with Gasteiger partial charge in [-0.25, -0.2) is 4.79 Å². The molecule has 0 spiro atoms. The predicted molar refractivity (Wildman–Crippen MR) is 145 cm³/mol. The molecule has 0 aromatic heterocycles. The van der Waals surface area contributed by atoms with Crippen LogP contribution in [0.4, 0.5) is 10.5 Å². The second-order valence-corrected chi connectivity index (χ2v) is 12.4. The van der Waals surface area contributed by atoms with Gasteiger partial charge < -0.3 is 20.6 Å². The summed E-state index contributed by atoms with van der Waals surface area (Å²) in [6.07, 6.45) is 7.17. The number of amides is 3. The van der Waals surface area contributed by atoms with E-state index in [4.69, 9.17) is 5.26 Å². The van der Waals surface area contributed by atoms with Gasteiger partial charge in [0.05, 0.1) is 17.2 Å². The van der Waals surface area contributed by atoms with Crippen LogP contribution in [0.25, 0.3) is 0 Å². The first-order chi connectivity index (χ1) is 18.2. The van der Waals surface area contributed by atoms with Crippen LogP contribution < -0.4 is 10.6 Å². The molecule has 2 aromatic carbocycles. The Morgan fingerprint density at radius 1 is 1.03 bits per heavy atom. The molecule has 198 valence electrons. The van der Waals surface area contributed by atoms with E-state index in [0.717, 1.165) is 44.1 Å². The van der Waals surface area contributed by atoms with E-state index >= 15 is 0 Å². The van der Waals surface area contributed by atoms with Gasteiger partial charge >= 0.3 is 6.03 Å². The van der Waals surface area contributed by atoms with Crippen molar-refractivity contribution < 1.29 is 14.7 Å². The maximum atomic E-state index is 13.3. The van der Waals surface area contributed by atoms with Gasteiger partial charge in [-0.1, -0.05) is 18.2 Å². The maximum Gasteiger partial charge on any atom is 0.319 e. The Bertz CT molecular complexity index is 1280. The Labute approximate surface area is 224 Å². The first-order valence-corrected chi connectivity index (χ1v) is 13.9. The molecule has 5 aliphatic rings. The minimum atomic E-state index is -0.632. The van der Waals surface area contributed by atoms with Gasteiger partial charge in [0, 0.05) is 29.9 Å². The number of nitrogens with one attached hydrogen (secondary N) is 2. The minimum absolute atomic E-state index is 0.0185. The number of benzene rings is 2. The zero-order valence-corrected chi connectivity index (χ0v) is 22.0. The van der Waals surface area contributed by atoms with Crippen LogP contribution in [0, 0.1) is 30.1 Å². The van der Waals surface area contributed by atoms with Crippen molar-refractivity contribution in [3.05, 3.63) is 64.7 Å². The van der Waals surface area contributed by atoms with Crippen LogP contribution in [0.2, 0.25) is 0 Å². The summed E-state index contributed by atoms with van der Waals surface area (Å²) in [5.74, 6) is 1.35. The van der Waals surface area contributed by atoms with Crippen molar-refractivity contribution >= 4 is 17.6 Å². The molecule has 4 saturated carbocycles. The third-order valence-electron chi connectivity index (χ3n) is 9.43. The van der Waals surface area contributed by atoms with Crippen LogP contribution in [0.1, 0.15) is 84.3 Å². The highest BCUT2D eigenvalue weighted by Crippen LogP contribution is 2.57. The normalized spacial score (nSPS) is 30.1. The molecular weight excluding hydrogens is 476 g/mol. The number of urea groups is 1. The number of carbonyl (C=O) groups is 2. The van der Waals surface area contributed by atoms with Crippen molar-refractivity contribution in [2.75, 3.05) is 18.4 Å². The molecule has 3 N–H and O–H groups in total. The molecule has 38 heavy (non-hydrogen) atoms. The average Bonchev–Trinajstić information content (AvgIpc) is 2.88. The van der Waals surface area contributed by atoms with E-state index in [0.29, 0.717) is 54.1 Å². The SMILES string of the molecule is Cc1ccc(C(=O)N2CCC(c3ccc(C#N)cc3)CC2)cc1NC(=O)NC12CC3CC(CC(O)(C3)C1)C2. The number of anilines is 1. The van der Waals surface area contributed by atoms with Gasteiger partial charge in [-0.3, -0.25) is 4.79 Å². The van der Waals surface area contributed by atoms with Crippen LogP contribution in [0.15, 0.2) is 42.5 Å². The number of hydrogen-bond donors (Lipinski definition) is 3. The lowest BCUT2D eigenvalue weighted by atomic mass is 9.51. The average molecular weight is 513 g/mol. The summed E-state index contributed by atoms with van der Waals surface area (Å²) in [5, 5.41) is 26.3. The number of piperidine rings is 1. The van der Waals surface area contributed by atoms with E-state index in [2.05, 4.69) is 16.7 Å². The summed E-state index contributed by atoms with van der Waals surface area (Å²) < 4.78 is 0. The molecule has 2 aromatic rings. The number of hydrogen-bond acceptors (Lipinski definition) is 4. The monoisotopic (exact) mass is 512 g/mol. The molecule has 4 aliphatic carbocycles. The lowest BCUT2D eigenvalue weighted by molar-refractivity contribution is -0.138. The zero-order chi connectivity index (χ0) is 26.5. The van der Waals surface area contributed by atoms with Crippen LogP contribution >= 0.6 is 0 Å². The lowest BCUT2D eigenvalue weighted by Gasteiger charge is -2.60. The predicted octanol–water partition coefficient (Wildman–Crippen LogP) is 5.09. The van der Waals surface area contributed by atoms with Crippen LogP contribution in [0.3, 0.4) is 0 Å². The Kier molecular flexibility index (Phi) is 6.19. The largest absolute Gasteiger partial charge is 0.390 e. The summed E-state index contributed by atoms with van der Waals surface area (Å²) in [7, 11) is 0. The van der Waals surface area contributed by atoms with Crippen molar-refractivity contribution in [3.63, 3.8) is 0 Å². The second-order valence-electron chi connectivity index (χ2n) is 12.4. The third kappa shape index (κ3) is 4.78. The molecule has 3 amide bonds. The number of rotatable bonds is 4.